The monoisotopic (exact) mass is 319 g/mol. The number of nitrogens with zero attached hydrogens (tertiary/aromatic N) is 1. The Morgan fingerprint density at radius 3 is 2.96 bits per heavy atom. The van der Waals surface area contributed by atoms with Crippen molar-refractivity contribution in [2.75, 3.05) is 33.5 Å². The van der Waals surface area contributed by atoms with E-state index in [4.69, 9.17) is 9.47 Å². The fourth-order valence-corrected chi connectivity index (χ4v) is 3.89. The van der Waals surface area contributed by atoms with Crippen molar-refractivity contribution in [3.8, 4) is 5.75 Å². The molecule has 126 valence electrons. The van der Waals surface area contributed by atoms with Gasteiger partial charge in [0.2, 0.25) is 0 Å². The van der Waals surface area contributed by atoms with E-state index in [1.807, 2.05) is 23.1 Å². The summed E-state index contributed by atoms with van der Waals surface area (Å²) >= 11 is 0. The van der Waals surface area contributed by atoms with Gasteiger partial charge >= 0.3 is 0 Å². The second kappa shape index (κ2) is 7.32. The summed E-state index contributed by atoms with van der Waals surface area (Å²) < 4.78 is 10.6. The van der Waals surface area contributed by atoms with Crippen molar-refractivity contribution in [2.45, 2.75) is 25.3 Å². The number of carbonyl (C=O) groups is 1. The molecular weight excluding hydrogens is 294 g/mol. The third-order valence-corrected chi connectivity index (χ3v) is 5.04. The lowest BCUT2D eigenvalue weighted by Gasteiger charge is -2.49. The van der Waals surface area contributed by atoms with Crippen LogP contribution >= 0.6 is 0 Å². The molecule has 1 amide bonds. The molecule has 3 atom stereocenters. The van der Waals surface area contributed by atoms with Crippen LogP contribution in [0.25, 0.3) is 0 Å². The molecule has 0 radical (unpaired) electrons. The van der Waals surface area contributed by atoms with Crippen LogP contribution in [0.3, 0.4) is 0 Å². The molecule has 0 spiro atoms. The Kier molecular flexibility index (Phi) is 5.18. The lowest BCUT2D eigenvalue weighted by molar-refractivity contribution is -0.0107. The lowest BCUT2D eigenvalue weighted by Crippen LogP contribution is -2.56. The molecule has 5 nitrogen and oxygen atoms in total. The summed E-state index contributed by atoms with van der Waals surface area (Å²) in [5, 5.41) is 9.58. The average Bonchev–Trinajstić information content (AvgIpc) is 2.61. The predicted molar refractivity (Wildman–Crippen MR) is 86.6 cm³/mol. The number of fused-ring (bicyclic) bond motifs is 3. The van der Waals surface area contributed by atoms with E-state index in [2.05, 4.69) is 0 Å². The smallest absolute Gasteiger partial charge is 0.254 e. The van der Waals surface area contributed by atoms with Crippen LogP contribution in [0.5, 0.6) is 5.75 Å². The molecule has 4 rings (SSSR count). The standard InChI is InChI=1S/C18H25NO4/c1-22-7-8-23-16-4-2-3-14(10-16)18(21)19-11-13-5-6-17(19)15(9-13)12-20/h2-4,10,13,15,17,20H,5-9,11-12H2,1H3. The number of amides is 1. The van der Waals surface area contributed by atoms with Gasteiger partial charge in [0.15, 0.2) is 0 Å². The zero-order valence-electron chi connectivity index (χ0n) is 13.6. The van der Waals surface area contributed by atoms with Crippen LogP contribution in [-0.2, 0) is 4.74 Å². The molecule has 0 aromatic heterocycles. The van der Waals surface area contributed by atoms with E-state index in [-0.39, 0.29) is 24.5 Å². The molecule has 2 heterocycles. The SMILES string of the molecule is COCCOc1cccc(C(=O)N2CC3CCC2C(CO)C3)c1. The minimum atomic E-state index is 0.0510. The summed E-state index contributed by atoms with van der Waals surface area (Å²) in [6.07, 6.45) is 3.22. The summed E-state index contributed by atoms with van der Waals surface area (Å²) in [6, 6.07) is 7.51. The Labute approximate surface area is 137 Å². The van der Waals surface area contributed by atoms with Crippen LogP contribution in [0.1, 0.15) is 29.6 Å². The maximum absolute atomic E-state index is 12.9. The number of rotatable bonds is 6. The first-order valence-corrected chi connectivity index (χ1v) is 8.36. The van der Waals surface area contributed by atoms with Crippen molar-refractivity contribution in [1.82, 2.24) is 4.90 Å². The van der Waals surface area contributed by atoms with E-state index in [1.54, 1.807) is 13.2 Å². The maximum atomic E-state index is 12.9. The minimum Gasteiger partial charge on any atom is -0.491 e. The van der Waals surface area contributed by atoms with Gasteiger partial charge in [-0.1, -0.05) is 6.07 Å². The van der Waals surface area contributed by atoms with Crippen molar-refractivity contribution in [1.29, 1.82) is 0 Å². The van der Waals surface area contributed by atoms with Gasteiger partial charge in [0, 0.05) is 37.8 Å². The van der Waals surface area contributed by atoms with Crippen LogP contribution in [-0.4, -0.2) is 55.4 Å². The summed E-state index contributed by atoms with van der Waals surface area (Å²) in [4.78, 5) is 14.9. The number of hydrogen-bond acceptors (Lipinski definition) is 4. The van der Waals surface area contributed by atoms with Crippen molar-refractivity contribution in [3.63, 3.8) is 0 Å². The number of benzene rings is 1. The molecule has 1 N–H and O–H groups in total. The van der Waals surface area contributed by atoms with E-state index < -0.39 is 0 Å². The highest BCUT2D eigenvalue weighted by molar-refractivity contribution is 5.95. The maximum Gasteiger partial charge on any atom is 0.254 e. The van der Waals surface area contributed by atoms with Gasteiger partial charge in [-0.3, -0.25) is 4.79 Å². The highest BCUT2D eigenvalue weighted by Crippen LogP contribution is 2.39. The van der Waals surface area contributed by atoms with Crippen LogP contribution in [0, 0.1) is 11.8 Å². The van der Waals surface area contributed by atoms with Crippen molar-refractivity contribution in [2.24, 2.45) is 11.8 Å². The molecule has 5 heteroatoms. The lowest BCUT2D eigenvalue weighted by atomic mass is 9.73. The molecule has 2 bridgehead atoms. The van der Waals surface area contributed by atoms with Crippen molar-refractivity contribution < 1.29 is 19.4 Å². The number of piperidine rings is 2. The molecule has 1 aliphatic carbocycles. The molecule has 1 aromatic rings. The molecule has 3 fully saturated rings. The second-order valence-electron chi connectivity index (χ2n) is 6.52. The van der Waals surface area contributed by atoms with Crippen LogP contribution in [0.4, 0.5) is 0 Å². The molecular formula is C18H25NO4. The summed E-state index contributed by atoms with van der Waals surface area (Å²) in [5.41, 5.74) is 0.657. The van der Waals surface area contributed by atoms with Gasteiger partial charge in [-0.05, 0) is 43.4 Å². The third-order valence-electron chi connectivity index (χ3n) is 5.04. The number of aliphatic hydroxyl groups excluding tert-OH is 1. The molecule has 1 saturated carbocycles. The Morgan fingerprint density at radius 2 is 2.22 bits per heavy atom. The number of methoxy groups -OCH3 is 1. The van der Waals surface area contributed by atoms with E-state index in [1.165, 1.54) is 6.42 Å². The van der Waals surface area contributed by atoms with Crippen LogP contribution in [0.2, 0.25) is 0 Å². The Balaban J connectivity index is 1.71. The van der Waals surface area contributed by atoms with Gasteiger partial charge in [0.25, 0.3) is 5.91 Å². The van der Waals surface area contributed by atoms with Gasteiger partial charge < -0.3 is 19.5 Å². The van der Waals surface area contributed by atoms with E-state index in [0.29, 0.717) is 30.4 Å². The van der Waals surface area contributed by atoms with Crippen molar-refractivity contribution in [3.05, 3.63) is 29.8 Å². The highest BCUT2D eigenvalue weighted by atomic mass is 16.5. The van der Waals surface area contributed by atoms with Gasteiger partial charge in [0.05, 0.1) is 6.61 Å². The fraction of sp³-hybridized carbons (Fsp3) is 0.611. The number of hydrogen-bond donors (Lipinski definition) is 1. The predicted octanol–water partition coefficient (Wildman–Crippen LogP) is 1.94. The van der Waals surface area contributed by atoms with E-state index in [9.17, 15) is 9.90 Å². The Bertz CT molecular complexity index is 548. The summed E-state index contributed by atoms with van der Waals surface area (Å²) in [5.74, 6) is 1.50. The van der Waals surface area contributed by atoms with Crippen LogP contribution in [0.15, 0.2) is 24.3 Å². The number of ether oxygens (including phenoxy) is 2. The first-order chi connectivity index (χ1) is 11.2. The highest BCUT2D eigenvalue weighted by Gasteiger charge is 2.42. The summed E-state index contributed by atoms with van der Waals surface area (Å²) in [6.45, 7) is 1.97. The topological polar surface area (TPSA) is 59.0 Å². The van der Waals surface area contributed by atoms with Crippen LogP contribution < -0.4 is 4.74 Å². The quantitative estimate of drug-likeness (QED) is 0.814. The van der Waals surface area contributed by atoms with Gasteiger partial charge in [-0.15, -0.1) is 0 Å². The second-order valence-corrected chi connectivity index (χ2v) is 6.52. The van der Waals surface area contributed by atoms with Gasteiger partial charge in [-0.2, -0.15) is 0 Å². The van der Waals surface area contributed by atoms with Crippen molar-refractivity contribution >= 4 is 5.91 Å². The Morgan fingerprint density at radius 1 is 1.35 bits per heavy atom. The molecule has 1 aromatic carbocycles. The Hall–Kier alpha value is -1.59. The summed E-state index contributed by atoms with van der Waals surface area (Å²) in [7, 11) is 1.63. The average molecular weight is 319 g/mol. The van der Waals surface area contributed by atoms with Gasteiger partial charge in [-0.25, -0.2) is 0 Å². The van der Waals surface area contributed by atoms with E-state index in [0.717, 1.165) is 19.4 Å². The zero-order valence-corrected chi connectivity index (χ0v) is 13.6. The number of aliphatic hydroxyl groups is 1. The first kappa shape index (κ1) is 16.3. The molecule has 2 aliphatic heterocycles. The molecule has 3 unspecified atom stereocenters. The van der Waals surface area contributed by atoms with Gasteiger partial charge in [0.1, 0.15) is 12.4 Å². The van der Waals surface area contributed by atoms with E-state index >= 15 is 0 Å². The zero-order chi connectivity index (χ0) is 16.2. The minimum absolute atomic E-state index is 0.0510. The number of carbonyl (C=O) groups excluding carboxylic acids is 1. The fourth-order valence-electron chi connectivity index (χ4n) is 3.89. The normalized spacial score (nSPS) is 26.3. The first-order valence-electron chi connectivity index (χ1n) is 8.36. The largest absolute Gasteiger partial charge is 0.491 e. The molecule has 2 saturated heterocycles. The molecule has 3 aliphatic rings. The third kappa shape index (κ3) is 3.51. The molecule has 23 heavy (non-hydrogen) atoms.